The number of carbonyl (C=O) groups excluding carboxylic acids is 2. The number of nitrogens with two attached hydrogens (primary N) is 2. The zero-order valence-corrected chi connectivity index (χ0v) is 20.3. The predicted octanol–water partition coefficient (Wildman–Crippen LogP) is 4.49. The molecule has 0 saturated carbocycles. The van der Waals surface area contributed by atoms with E-state index in [1.165, 1.54) is 6.20 Å². The fourth-order valence-electron chi connectivity index (χ4n) is 4.62. The Morgan fingerprint density at radius 3 is 2.43 bits per heavy atom. The molecular weight excluding hydrogens is 466 g/mol. The molecule has 5 rings (SSSR count). The first kappa shape index (κ1) is 23.7. The summed E-state index contributed by atoms with van der Waals surface area (Å²) in [6.45, 7) is 2.48. The Morgan fingerprint density at radius 1 is 1.00 bits per heavy atom. The first-order valence-electron chi connectivity index (χ1n) is 11.9. The largest absolute Gasteiger partial charge is 0.507 e. The second kappa shape index (κ2) is 9.58. The maximum Gasteiger partial charge on any atom is 0.275 e. The molecule has 0 unspecified atom stereocenters. The van der Waals surface area contributed by atoms with Crippen molar-refractivity contribution in [2.75, 3.05) is 27.8 Å². The Kier molecular flexibility index (Phi) is 6.15. The van der Waals surface area contributed by atoms with Crippen molar-refractivity contribution in [3.05, 3.63) is 101 Å². The monoisotopic (exact) mass is 493 g/mol. The minimum absolute atomic E-state index is 0.0398. The highest BCUT2D eigenvalue weighted by Crippen LogP contribution is 2.41. The van der Waals surface area contributed by atoms with Gasteiger partial charge in [-0.05, 0) is 78.4 Å². The molecule has 0 saturated heterocycles. The Bertz CT molecular complexity index is 1540. The molecule has 4 aromatic carbocycles. The third-order valence-electron chi connectivity index (χ3n) is 6.51. The summed E-state index contributed by atoms with van der Waals surface area (Å²) in [5.74, 6) is -0.442. The summed E-state index contributed by atoms with van der Waals surface area (Å²) >= 11 is 0. The van der Waals surface area contributed by atoms with E-state index in [4.69, 9.17) is 11.5 Å². The number of hydrogen-bond acceptors (Lipinski definition) is 6. The molecule has 0 aromatic heterocycles. The Labute approximate surface area is 214 Å². The number of nitrogen functional groups attached to an aromatic ring is 1. The van der Waals surface area contributed by atoms with Crippen LogP contribution in [0.3, 0.4) is 0 Å². The standard InChI is InChI=1S/C29H27N5O3/c1-17-3-2-4-23-26(35)15-25-22(27(17)23)13-14-34(25)29(37)24(31)16-32-20-9-11-21(12-10-20)33-28(36)18-5-7-19(30)8-6-18/h2-12,15-16,32,35H,13-14,30-31H2,1H3,(H,33,36)/b24-16-. The molecule has 1 aliphatic rings. The van der Waals surface area contributed by atoms with Crippen molar-refractivity contribution < 1.29 is 14.7 Å². The third-order valence-corrected chi connectivity index (χ3v) is 6.51. The van der Waals surface area contributed by atoms with E-state index in [0.29, 0.717) is 41.3 Å². The molecule has 0 spiro atoms. The number of aromatic hydroxyl groups is 1. The lowest BCUT2D eigenvalue weighted by Gasteiger charge is -2.19. The van der Waals surface area contributed by atoms with E-state index >= 15 is 0 Å². The first-order chi connectivity index (χ1) is 17.8. The van der Waals surface area contributed by atoms with E-state index in [2.05, 4.69) is 10.6 Å². The van der Waals surface area contributed by atoms with Gasteiger partial charge in [0.15, 0.2) is 0 Å². The van der Waals surface area contributed by atoms with Gasteiger partial charge >= 0.3 is 0 Å². The summed E-state index contributed by atoms with van der Waals surface area (Å²) in [5, 5.41) is 18.2. The fraction of sp³-hybridized carbons (Fsp3) is 0.103. The van der Waals surface area contributed by atoms with Crippen LogP contribution in [-0.2, 0) is 11.2 Å². The Morgan fingerprint density at radius 2 is 1.70 bits per heavy atom. The van der Waals surface area contributed by atoms with Gasteiger partial charge in [-0.2, -0.15) is 0 Å². The Balaban J connectivity index is 1.27. The Hall–Kier alpha value is -4.98. The molecule has 0 radical (unpaired) electrons. The predicted molar refractivity (Wildman–Crippen MR) is 148 cm³/mol. The molecule has 1 aliphatic heterocycles. The number of nitrogens with one attached hydrogen (secondary N) is 2. The van der Waals surface area contributed by atoms with E-state index in [1.54, 1.807) is 59.5 Å². The van der Waals surface area contributed by atoms with E-state index in [0.717, 1.165) is 21.9 Å². The average Bonchev–Trinajstić information content (AvgIpc) is 3.31. The number of fused-ring (bicyclic) bond motifs is 3. The second-order valence-corrected chi connectivity index (χ2v) is 9.00. The zero-order valence-electron chi connectivity index (χ0n) is 20.3. The number of anilines is 4. The highest BCUT2D eigenvalue weighted by Gasteiger charge is 2.29. The van der Waals surface area contributed by atoms with Crippen LogP contribution in [0.1, 0.15) is 21.5 Å². The number of benzene rings is 4. The zero-order chi connectivity index (χ0) is 26.1. The molecule has 0 atom stereocenters. The van der Waals surface area contributed by atoms with Crippen LogP contribution in [0.5, 0.6) is 5.75 Å². The topological polar surface area (TPSA) is 134 Å². The van der Waals surface area contributed by atoms with Crippen LogP contribution in [0.25, 0.3) is 10.8 Å². The van der Waals surface area contributed by atoms with Gasteiger partial charge < -0.3 is 32.1 Å². The smallest absolute Gasteiger partial charge is 0.275 e. The van der Waals surface area contributed by atoms with Crippen molar-refractivity contribution in [2.45, 2.75) is 13.3 Å². The van der Waals surface area contributed by atoms with Crippen LogP contribution >= 0.6 is 0 Å². The summed E-state index contributed by atoms with van der Waals surface area (Å²) in [6, 6.07) is 21.1. The van der Waals surface area contributed by atoms with Gasteiger partial charge in [-0.3, -0.25) is 9.59 Å². The van der Waals surface area contributed by atoms with Crippen LogP contribution in [-0.4, -0.2) is 23.5 Å². The first-order valence-corrected chi connectivity index (χ1v) is 11.9. The number of amides is 2. The number of rotatable bonds is 5. The van der Waals surface area contributed by atoms with Gasteiger partial charge in [-0.25, -0.2) is 0 Å². The summed E-state index contributed by atoms with van der Waals surface area (Å²) in [5.41, 5.74) is 17.0. The number of phenols is 1. The van der Waals surface area contributed by atoms with E-state index in [9.17, 15) is 14.7 Å². The normalized spacial score (nSPS) is 12.9. The lowest BCUT2D eigenvalue weighted by Crippen LogP contribution is -2.33. The van der Waals surface area contributed by atoms with E-state index < -0.39 is 0 Å². The van der Waals surface area contributed by atoms with Gasteiger partial charge in [0.25, 0.3) is 11.8 Å². The van der Waals surface area contributed by atoms with Crippen molar-refractivity contribution in [3.8, 4) is 5.75 Å². The van der Waals surface area contributed by atoms with Gasteiger partial charge in [0.1, 0.15) is 11.4 Å². The number of nitrogens with zero attached hydrogens (tertiary/aromatic N) is 1. The molecule has 0 aliphatic carbocycles. The van der Waals surface area contributed by atoms with Gasteiger partial charge in [-0.15, -0.1) is 0 Å². The molecule has 37 heavy (non-hydrogen) atoms. The maximum absolute atomic E-state index is 13.1. The van der Waals surface area contributed by atoms with Crippen molar-refractivity contribution in [1.82, 2.24) is 0 Å². The number of aryl methyl sites for hydroxylation is 1. The van der Waals surface area contributed by atoms with Gasteiger partial charge in [0.05, 0.1) is 5.69 Å². The fourth-order valence-corrected chi connectivity index (χ4v) is 4.62. The van der Waals surface area contributed by atoms with Crippen LogP contribution < -0.4 is 27.0 Å². The van der Waals surface area contributed by atoms with Crippen LogP contribution in [0.2, 0.25) is 0 Å². The summed E-state index contributed by atoms with van der Waals surface area (Å²) in [6.07, 6.45) is 2.14. The number of carbonyl (C=O) groups is 2. The maximum atomic E-state index is 13.1. The minimum atomic E-state index is -0.342. The van der Waals surface area contributed by atoms with E-state index in [-0.39, 0.29) is 23.3 Å². The number of phenolic OH excluding ortho intramolecular Hbond substituents is 1. The molecule has 0 bridgehead atoms. The third kappa shape index (κ3) is 4.64. The molecule has 186 valence electrons. The van der Waals surface area contributed by atoms with E-state index in [1.807, 2.05) is 25.1 Å². The molecule has 8 nitrogen and oxygen atoms in total. The highest BCUT2D eigenvalue weighted by atomic mass is 16.3. The highest BCUT2D eigenvalue weighted by molar-refractivity contribution is 6.09. The molecule has 4 aromatic rings. The molecule has 7 N–H and O–H groups in total. The van der Waals surface area contributed by atoms with Crippen molar-refractivity contribution in [3.63, 3.8) is 0 Å². The summed E-state index contributed by atoms with van der Waals surface area (Å²) < 4.78 is 0. The van der Waals surface area contributed by atoms with Gasteiger partial charge in [0.2, 0.25) is 0 Å². The quantitative estimate of drug-likeness (QED) is 0.205. The summed E-state index contributed by atoms with van der Waals surface area (Å²) in [4.78, 5) is 27.1. The van der Waals surface area contributed by atoms with Crippen molar-refractivity contribution in [1.29, 1.82) is 0 Å². The van der Waals surface area contributed by atoms with Crippen molar-refractivity contribution in [2.24, 2.45) is 5.73 Å². The lowest BCUT2D eigenvalue weighted by molar-refractivity contribution is -0.115. The average molecular weight is 494 g/mol. The molecule has 8 heteroatoms. The molecule has 2 amide bonds. The number of hydrogen-bond donors (Lipinski definition) is 5. The molecule has 0 fully saturated rings. The molecule has 1 heterocycles. The molecular formula is C29H27N5O3. The van der Waals surface area contributed by atoms with Gasteiger partial charge in [0, 0.05) is 46.8 Å². The SMILES string of the molecule is Cc1cccc2c(O)cc3c(c12)CCN3C(=O)/C(N)=C/Nc1ccc(NC(=O)c2ccc(N)cc2)cc1. The van der Waals surface area contributed by atoms with Gasteiger partial charge in [-0.1, -0.05) is 18.2 Å². The van der Waals surface area contributed by atoms with Crippen LogP contribution in [0.15, 0.2) is 84.7 Å². The minimum Gasteiger partial charge on any atom is -0.507 e. The summed E-state index contributed by atoms with van der Waals surface area (Å²) in [7, 11) is 0. The lowest BCUT2D eigenvalue weighted by atomic mass is 9.97. The van der Waals surface area contributed by atoms with Crippen LogP contribution in [0, 0.1) is 6.92 Å². The van der Waals surface area contributed by atoms with Crippen LogP contribution in [0.4, 0.5) is 22.7 Å². The van der Waals surface area contributed by atoms with Crippen molar-refractivity contribution >= 4 is 45.3 Å². The second-order valence-electron chi connectivity index (χ2n) is 9.00.